The van der Waals surface area contributed by atoms with Crippen LogP contribution in [0.15, 0.2) is 54.6 Å². The van der Waals surface area contributed by atoms with Crippen LogP contribution in [0.2, 0.25) is 0 Å². The molecule has 1 fully saturated rings. The molecule has 1 aliphatic rings. The van der Waals surface area contributed by atoms with Crippen molar-refractivity contribution in [3.8, 4) is 11.5 Å². The monoisotopic (exact) mass is 386 g/mol. The van der Waals surface area contributed by atoms with Gasteiger partial charge in [-0.3, -0.25) is 0 Å². The molecule has 0 spiro atoms. The molecule has 3 rings (SSSR count). The molecule has 28 heavy (non-hydrogen) atoms. The fourth-order valence-corrected chi connectivity index (χ4v) is 3.26. The largest absolute Gasteiger partial charge is 0.497 e. The molecule has 0 aromatic heterocycles. The molecule has 1 heterocycles. The van der Waals surface area contributed by atoms with E-state index in [0.29, 0.717) is 23.5 Å². The molecule has 0 radical (unpaired) electrons. The topological polar surface area (TPSA) is 74.2 Å². The van der Waals surface area contributed by atoms with Crippen molar-refractivity contribution >= 4 is 5.97 Å². The molecule has 6 heteroatoms. The van der Waals surface area contributed by atoms with Crippen molar-refractivity contribution in [2.24, 2.45) is 5.92 Å². The minimum atomic E-state index is -0.829. The highest BCUT2D eigenvalue weighted by Gasteiger charge is 2.46. The highest BCUT2D eigenvalue weighted by molar-refractivity contribution is 5.89. The molecule has 0 aliphatic carbocycles. The van der Waals surface area contributed by atoms with Crippen molar-refractivity contribution in [2.45, 2.75) is 44.9 Å². The Balaban J connectivity index is 1.80. The zero-order valence-electron chi connectivity index (χ0n) is 16.3. The summed E-state index contributed by atoms with van der Waals surface area (Å²) in [4.78, 5) is 12.6. The molecule has 2 unspecified atom stereocenters. The summed E-state index contributed by atoms with van der Waals surface area (Å²) in [7, 11) is 1.59. The zero-order chi connectivity index (χ0) is 20.1. The number of carbonyl (C=O) groups excluding carboxylic acids is 1. The van der Waals surface area contributed by atoms with E-state index in [1.54, 1.807) is 55.6 Å². The Morgan fingerprint density at radius 1 is 1.07 bits per heavy atom. The Bertz CT molecular complexity index is 760. The molecular formula is C22H26O6. The summed E-state index contributed by atoms with van der Waals surface area (Å²) in [6.07, 6.45) is -2.12. The van der Waals surface area contributed by atoms with Crippen molar-refractivity contribution in [3.63, 3.8) is 0 Å². The highest BCUT2D eigenvalue weighted by atomic mass is 16.7. The van der Waals surface area contributed by atoms with Crippen LogP contribution in [0.5, 0.6) is 11.5 Å². The summed E-state index contributed by atoms with van der Waals surface area (Å²) >= 11 is 0. The molecule has 1 N–H and O–H groups in total. The summed E-state index contributed by atoms with van der Waals surface area (Å²) in [6, 6.07) is 15.8. The minimum Gasteiger partial charge on any atom is -0.497 e. The van der Waals surface area contributed by atoms with Gasteiger partial charge in [0.15, 0.2) is 6.10 Å². The number of hydrogen-bond acceptors (Lipinski definition) is 6. The summed E-state index contributed by atoms with van der Waals surface area (Å²) in [5.74, 6) is 0.435. The summed E-state index contributed by atoms with van der Waals surface area (Å²) < 4.78 is 22.8. The molecule has 1 saturated heterocycles. The smallest absolute Gasteiger partial charge is 0.338 e. The first kappa shape index (κ1) is 20.2. The lowest BCUT2D eigenvalue weighted by molar-refractivity contribution is -0.254. The maximum atomic E-state index is 12.6. The van der Waals surface area contributed by atoms with Crippen LogP contribution in [0.25, 0.3) is 0 Å². The Kier molecular flexibility index (Phi) is 6.54. The van der Waals surface area contributed by atoms with Gasteiger partial charge in [-0.25, -0.2) is 4.79 Å². The standard InChI is InChI=1S/C22H26O6/c1-4-18-19(23)14(2)20(28-21(24)15-8-6-5-7-9-15)22(27-18)26-17-12-10-16(25-3)11-13-17/h5-14,18-20,22-23H,4H2,1-3H3/t14-,18?,19-,20?,22+/m0/s1. The number of carbonyl (C=O) groups is 1. The van der Waals surface area contributed by atoms with E-state index in [4.69, 9.17) is 18.9 Å². The normalized spacial score (nSPS) is 27.1. The van der Waals surface area contributed by atoms with E-state index in [2.05, 4.69) is 0 Å². The van der Waals surface area contributed by atoms with Gasteiger partial charge in [-0.15, -0.1) is 0 Å². The molecule has 0 amide bonds. The third-order valence-corrected chi connectivity index (χ3v) is 4.98. The van der Waals surface area contributed by atoms with E-state index in [9.17, 15) is 9.90 Å². The average molecular weight is 386 g/mol. The minimum absolute atomic E-state index is 0.352. The van der Waals surface area contributed by atoms with E-state index in [1.807, 2.05) is 19.9 Å². The van der Waals surface area contributed by atoms with Crippen molar-refractivity contribution in [2.75, 3.05) is 7.11 Å². The van der Waals surface area contributed by atoms with Gasteiger partial charge >= 0.3 is 5.97 Å². The predicted octanol–water partition coefficient (Wildman–Crippen LogP) is 3.43. The van der Waals surface area contributed by atoms with Crippen LogP contribution in [0, 0.1) is 5.92 Å². The fourth-order valence-electron chi connectivity index (χ4n) is 3.26. The number of esters is 1. The van der Waals surface area contributed by atoms with Gasteiger partial charge in [0, 0.05) is 5.92 Å². The number of rotatable bonds is 6. The summed E-state index contributed by atoms with van der Waals surface area (Å²) in [5.41, 5.74) is 0.435. The van der Waals surface area contributed by atoms with Gasteiger partial charge in [0.1, 0.15) is 11.5 Å². The lowest BCUT2D eigenvalue weighted by Gasteiger charge is -2.42. The van der Waals surface area contributed by atoms with Gasteiger partial charge in [-0.05, 0) is 42.8 Å². The lowest BCUT2D eigenvalue weighted by Crippen LogP contribution is -2.56. The quantitative estimate of drug-likeness (QED) is 0.767. The maximum Gasteiger partial charge on any atom is 0.338 e. The van der Waals surface area contributed by atoms with Crippen LogP contribution in [-0.4, -0.2) is 42.8 Å². The second kappa shape index (κ2) is 9.08. The maximum absolute atomic E-state index is 12.6. The number of aliphatic hydroxyl groups is 1. The number of ether oxygens (including phenoxy) is 4. The number of aliphatic hydroxyl groups excluding tert-OH is 1. The molecule has 0 bridgehead atoms. The number of methoxy groups -OCH3 is 1. The van der Waals surface area contributed by atoms with Crippen LogP contribution >= 0.6 is 0 Å². The van der Waals surface area contributed by atoms with Gasteiger partial charge in [-0.2, -0.15) is 0 Å². The second-order valence-corrected chi connectivity index (χ2v) is 6.83. The van der Waals surface area contributed by atoms with Crippen LogP contribution in [0.3, 0.4) is 0 Å². The zero-order valence-corrected chi connectivity index (χ0v) is 16.3. The second-order valence-electron chi connectivity index (χ2n) is 6.83. The van der Waals surface area contributed by atoms with E-state index in [-0.39, 0.29) is 5.92 Å². The Morgan fingerprint density at radius 2 is 1.71 bits per heavy atom. The first-order chi connectivity index (χ1) is 13.5. The fraction of sp³-hybridized carbons (Fsp3) is 0.409. The first-order valence-corrected chi connectivity index (χ1v) is 9.43. The lowest BCUT2D eigenvalue weighted by atomic mass is 9.89. The Morgan fingerprint density at radius 3 is 2.32 bits per heavy atom. The molecule has 2 aromatic rings. The molecule has 5 atom stereocenters. The predicted molar refractivity (Wildman–Crippen MR) is 103 cm³/mol. The molecule has 6 nitrogen and oxygen atoms in total. The van der Waals surface area contributed by atoms with E-state index >= 15 is 0 Å². The molecular weight excluding hydrogens is 360 g/mol. The van der Waals surface area contributed by atoms with Crippen LogP contribution < -0.4 is 9.47 Å². The van der Waals surface area contributed by atoms with Crippen LogP contribution in [-0.2, 0) is 9.47 Å². The third kappa shape index (κ3) is 4.46. The van der Waals surface area contributed by atoms with Gasteiger partial charge in [0.2, 0.25) is 6.29 Å². The van der Waals surface area contributed by atoms with Crippen molar-refractivity contribution in [3.05, 3.63) is 60.2 Å². The van der Waals surface area contributed by atoms with Gasteiger partial charge in [-0.1, -0.05) is 32.0 Å². The third-order valence-electron chi connectivity index (χ3n) is 4.98. The van der Waals surface area contributed by atoms with Gasteiger partial charge in [0.25, 0.3) is 0 Å². The van der Waals surface area contributed by atoms with Crippen molar-refractivity contribution in [1.29, 1.82) is 0 Å². The number of hydrogen-bond donors (Lipinski definition) is 1. The highest BCUT2D eigenvalue weighted by Crippen LogP contribution is 2.32. The SMILES string of the molecule is CCC1O[C@@H](Oc2ccc(OC)cc2)C(OC(=O)c2ccccc2)[C@@H](C)[C@@H]1O. The molecule has 0 saturated carbocycles. The first-order valence-electron chi connectivity index (χ1n) is 9.43. The average Bonchev–Trinajstić information content (AvgIpc) is 2.74. The number of benzene rings is 2. The van der Waals surface area contributed by atoms with Crippen molar-refractivity contribution in [1.82, 2.24) is 0 Å². The van der Waals surface area contributed by atoms with Crippen LogP contribution in [0.1, 0.15) is 30.6 Å². The van der Waals surface area contributed by atoms with E-state index < -0.39 is 30.6 Å². The van der Waals surface area contributed by atoms with Crippen LogP contribution in [0.4, 0.5) is 0 Å². The van der Waals surface area contributed by atoms with Gasteiger partial charge in [0.05, 0.1) is 24.9 Å². The van der Waals surface area contributed by atoms with Gasteiger partial charge < -0.3 is 24.1 Å². The summed E-state index contributed by atoms with van der Waals surface area (Å²) in [6.45, 7) is 3.77. The Labute approximate surface area is 165 Å². The molecule has 150 valence electrons. The Hall–Kier alpha value is -2.57. The summed E-state index contributed by atoms with van der Waals surface area (Å²) in [5, 5.41) is 10.6. The molecule has 1 aliphatic heterocycles. The van der Waals surface area contributed by atoms with E-state index in [0.717, 1.165) is 0 Å². The molecule has 2 aromatic carbocycles. The van der Waals surface area contributed by atoms with E-state index in [1.165, 1.54) is 0 Å². The van der Waals surface area contributed by atoms with Crippen molar-refractivity contribution < 1.29 is 28.8 Å².